The van der Waals surface area contributed by atoms with Crippen LogP contribution in [-0.4, -0.2) is 22.4 Å². The molecule has 0 aromatic carbocycles. The molecule has 21 heavy (non-hydrogen) atoms. The van der Waals surface area contributed by atoms with Gasteiger partial charge in [0.1, 0.15) is 4.60 Å². The van der Waals surface area contributed by atoms with E-state index in [0.717, 1.165) is 26.7 Å². The third-order valence-electron chi connectivity index (χ3n) is 2.95. The Balaban J connectivity index is 2.02. The van der Waals surface area contributed by atoms with E-state index in [9.17, 15) is 4.79 Å². The van der Waals surface area contributed by atoms with E-state index in [2.05, 4.69) is 31.2 Å². The predicted molar refractivity (Wildman–Crippen MR) is 89.8 cm³/mol. The van der Waals surface area contributed by atoms with Crippen molar-refractivity contribution in [2.75, 3.05) is 16.8 Å². The highest BCUT2D eigenvalue weighted by atomic mass is 79.9. The van der Waals surface area contributed by atoms with Gasteiger partial charge >= 0.3 is 0 Å². The molecule has 0 aliphatic carbocycles. The Hall–Kier alpha value is -1.47. The van der Waals surface area contributed by atoms with Gasteiger partial charge in [0.15, 0.2) is 5.13 Å². The van der Waals surface area contributed by atoms with Gasteiger partial charge in [-0.2, -0.15) is 0 Å². The number of nitrogens with zero attached hydrogens (tertiary/aromatic N) is 3. The Kier molecular flexibility index (Phi) is 5.30. The summed E-state index contributed by atoms with van der Waals surface area (Å²) in [5.74, 6) is 0.0130. The zero-order valence-electron chi connectivity index (χ0n) is 12.2. The zero-order valence-corrected chi connectivity index (χ0v) is 14.6. The average molecular weight is 369 g/mol. The lowest BCUT2D eigenvalue weighted by Crippen LogP contribution is -2.27. The molecule has 2 aromatic heterocycles. The lowest BCUT2D eigenvalue weighted by atomic mass is 10.3. The lowest BCUT2D eigenvalue weighted by Gasteiger charge is -2.14. The fourth-order valence-electron chi connectivity index (χ4n) is 1.84. The molecule has 7 heteroatoms. The molecule has 1 N–H and O–H groups in total. The van der Waals surface area contributed by atoms with Crippen molar-refractivity contribution in [3.05, 3.63) is 33.5 Å². The van der Waals surface area contributed by atoms with E-state index in [-0.39, 0.29) is 5.91 Å². The van der Waals surface area contributed by atoms with Crippen molar-refractivity contribution in [2.45, 2.75) is 27.3 Å². The van der Waals surface area contributed by atoms with Crippen molar-refractivity contribution in [2.24, 2.45) is 0 Å². The standard InChI is InChI=1S/C14H17BrN4OS/c1-4-19(10(3)20)14-18-12(8-21-14)7-16-11-5-9(2)13(15)17-6-11/h5-6,8,16H,4,7H2,1-3H3. The van der Waals surface area contributed by atoms with Crippen LogP contribution in [0.1, 0.15) is 25.1 Å². The van der Waals surface area contributed by atoms with Crippen LogP contribution in [0.15, 0.2) is 22.2 Å². The molecule has 0 fully saturated rings. The number of halogens is 1. The predicted octanol–water partition coefficient (Wildman–Crippen LogP) is 3.59. The number of carbonyl (C=O) groups is 1. The maximum absolute atomic E-state index is 11.5. The summed E-state index contributed by atoms with van der Waals surface area (Å²) >= 11 is 4.86. The number of aromatic nitrogens is 2. The van der Waals surface area contributed by atoms with Gasteiger partial charge < -0.3 is 5.32 Å². The van der Waals surface area contributed by atoms with Gasteiger partial charge in [0.05, 0.1) is 24.1 Å². The van der Waals surface area contributed by atoms with E-state index >= 15 is 0 Å². The number of amides is 1. The number of thiazole rings is 1. The van der Waals surface area contributed by atoms with Crippen molar-refractivity contribution in [1.29, 1.82) is 0 Å². The summed E-state index contributed by atoms with van der Waals surface area (Å²) in [5.41, 5.74) is 2.94. The molecule has 0 aliphatic heterocycles. The Morgan fingerprint density at radius 3 is 2.90 bits per heavy atom. The summed E-state index contributed by atoms with van der Waals surface area (Å²) in [6.45, 7) is 6.73. The molecule has 0 radical (unpaired) electrons. The first-order chi connectivity index (χ1) is 10.0. The normalized spacial score (nSPS) is 10.5. The third-order valence-corrected chi connectivity index (χ3v) is 4.70. The molecule has 0 spiro atoms. The number of hydrogen-bond donors (Lipinski definition) is 1. The first-order valence-electron chi connectivity index (χ1n) is 6.59. The number of rotatable bonds is 5. The molecule has 2 aromatic rings. The van der Waals surface area contributed by atoms with Gasteiger partial charge in [-0.3, -0.25) is 9.69 Å². The van der Waals surface area contributed by atoms with Crippen LogP contribution in [0.4, 0.5) is 10.8 Å². The van der Waals surface area contributed by atoms with Crippen molar-refractivity contribution < 1.29 is 4.79 Å². The highest BCUT2D eigenvalue weighted by molar-refractivity contribution is 9.10. The Bertz CT molecular complexity index is 644. The smallest absolute Gasteiger partial charge is 0.225 e. The van der Waals surface area contributed by atoms with Crippen LogP contribution >= 0.6 is 27.3 Å². The van der Waals surface area contributed by atoms with Gasteiger partial charge in [0, 0.05) is 18.8 Å². The molecule has 5 nitrogen and oxygen atoms in total. The minimum Gasteiger partial charge on any atom is -0.378 e. The SMILES string of the molecule is CCN(C(C)=O)c1nc(CNc2cnc(Br)c(C)c2)cs1. The maximum Gasteiger partial charge on any atom is 0.225 e. The summed E-state index contributed by atoms with van der Waals surface area (Å²) in [4.78, 5) is 21.9. The second-order valence-corrected chi connectivity index (χ2v) is 6.16. The summed E-state index contributed by atoms with van der Waals surface area (Å²) in [6, 6.07) is 2.03. The topological polar surface area (TPSA) is 58.1 Å². The molecular formula is C14H17BrN4OS. The first kappa shape index (κ1) is 15.9. The van der Waals surface area contributed by atoms with Crippen molar-refractivity contribution in [3.8, 4) is 0 Å². The van der Waals surface area contributed by atoms with Gasteiger partial charge in [-0.15, -0.1) is 11.3 Å². The Morgan fingerprint density at radius 2 is 2.29 bits per heavy atom. The highest BCUT2D eigenvalue weighted by Gasteiger charge is 2.13. The number of hydrogen-bond acceptors (Lipinski definition) is 5. The second kappa shape index (κ2) is 7.00. The first-order valence-corrected chi connectivity index (χ1v) is 8.27. The Morgan fingerprint density at radius 1 is 1.52 bits per heavy atom. The van der Waals surface area contributed by atoms with Crippen LogP contribution in [0.2, 0.25) is 0 Å². The van der Waals surface area contributed by atoms with E-state index in [1.54, 1.807) is 18.0 Å². The van der Waals surface area contributed by atoms with Crippen LogP contribution in [-0.2, 0) is 11.3 Å². The number of anilines is 2. The van der Waals surface area contributed by atoms with Crippen LogP contribution in [0, 0.1) is 6.92 Å². The van der Waals surface area contributed by atoms with Gasteiger partial charge in [-0.1, -0.05) is 0 Å². The van der Waals surface area contributed by atoms with E-state index < -0.39 is 0 Å². The number of pyridine rings is 1. The van der Waals surface area contributed by atoms with Gasteiger partial charge in [-0.05, 0) is 41.4 Å². The lowest BCUT2D eigenvalue weighted by molar-refractivity contribution is -0.116. The molecule has 0 atom stereocenters. The number of aryl methyl sites for hydroxylation is 1. The summed E-state index contributed by atoms with van der Waals surface area (Å²) in [5, 5.41) is 5.99. The average Bonchev–Trinajstić information content (AvgIpc) is 2.89. The zero-order chi connectivity index (χ0) is 15.4. The molecule has 112 valence electrons. The summed E-state index contributed by atoms with van der Waals surface area (Å²) in [7, 11) is 0. The summed E-state index contributed by atoms with van der Waals surface area (Å²) in [6.07, 6.45) is 1.78. The number of carbonyl (C=O) groups excluding carboxylic acids is 1. The maximum atomic E-state index is 11.5. The van der Waals surface area contributed by atoms with Gasteiger partial charge in [0.2, 0.25) is 5.91 Å². The van der Waals surface area contributed by atoms with Crippen molar-refractivity contribution >= 4 is 44.0 Å². The van der Waals surface area contributed by atoms with E-state index in [4.69, 9.17) is 0 Å². The highest BCUT2D eigenvalue weighted by Crippen LogP contribution is 2.22. The molecule has 0 saturated heterocycles. The van der Waals surface area contributed by atoms with Crippen LogP contribution in [0.5, 0.6) is 0 Å². The van der Waals surface area contributed by atoms with E-state index in [0.29, 0.717) is 13.1 Å². The minimum absolute atomic E-state index is 0.0130. The third kappa shape index (κ3) is 4.01. The van der Waals surface area contributed by atoms with Crippen LogP contribution in [0.25, 0.3) is 0 Å². The van der Waals surface area contributed by atoms with Crippen LogP contribution in [0.3, 0.4) is 0 Å². The van der Waals surface area contributed by atoms with Crippen molar-refractivity contribution in [1.82, 2.24) is 9.97 Å². The fraction of sp³-hybridized carbons (Fsp3) is 0.357. The molecule has 0 aliphatic rings. The summed E-state index contributed by atoms with van der Waals surface area (Å²) < 4.78 is 0.851. The Labute approximate surface area is 136 Å². The largest absolute Gasteiger partial charge is 0.378 e. The molecule has 2 rings (SSSR count). The fourth-order valence-corrected chi connectivity index (χ4v) is 2.99. The van der Waals surface area contributed by atoms with Crippen LogP contribution < -0.4 is 10.2 Å². The van der Waals surface area contributed by atoms with E-state index in [1.807, 2.05) is 25.3 Å². The van der Waals surface area contributed by atoms with E-state index in [1.165, 1.54) is 11.3 Å². The molecule has 2 heterocycles. The van der Waals surface area contributed by atoms with Gasteiger partial charge in [0.25, 0.3) is 0 Å². The quantitative estimate of drug-likeness (QED) is 0.819. The monoisotopic (exact) mass is 368 g/mol. The molecule has 0 saturated carbocycles. The molecule has 0 unspecified atom stereocenters. The van der Waals surface area contributed by atoms with Gasteiger partial charge in [-0.25, -0.2) is 9.97 Å². The molecular weight excluding hydrogens is 352 g/mol. The van der Waals surface area contributed by atoms with Crippen molar-refractivity contribution in [3.63, 3.8) is 0 Å². The molecule has 1 amide bonds. The second-order valence-electron chi connectivity index (χ2n) is 4.57. The minimum atomic E-state index is 0.0130. The molecule has 0 bridgehead atoms. The number of nitrogens with one attached hydrogen (secondary N) is 1.